The highest BCUT2D eigenvalue weighted by atomic mass is 19.1. The van der Waals surface area contributed by atoms with Crippen molar-refractivity contribution in [3.8, 4) is 0 Å². The van der Waals surface area contributed by atoms with Gasteiger partial charge in [-0.25, -0.2) is 14.4 Å². The molecule has 23 heavy (non-hydrogen) atoms. The fraction of sp³-hybridized carbons (Fsp3) is 0.353. The van der Waals surface area contributed by atoms with Crippen LogP contribution in [0.1, 0.15) is 23.2 Å². The lowest BCUT2D eigenvalue weighted by Gasteiger charge is -2.32. The van der Waals surface area contributed by atoms with Crippen LogP contribution in [0, 0.1) is 12.7 Å². The maximum absolute atomic E-state index is 12.9. The predicted octanol–water partition coefficient (Wildman–Crippen LogP) is 2.07. The molecule has 0 saturated carbocycles. The van der Waals surface area contributed by atoms with Gasteiger partial charge in [0.25, 0.3) is 0 Å². The third kappa shape index (κ3) is 3.90. The van der Waals surface area contributed by atoms with Gasteiger partial charge in [0.05, 0.1) is 25.3 Å². The van der Waals surface area contributed by atoms with E-state index < -0.39 is 0 Å². The molecule has 120 valence electrons. The average Bonchev–Trinajstić information content (AvgIpc) is 2.57. The van der Waals surface area contributed by atoms with Gasteiger partial charge in [0, 0.05) is 12.7 Å². The van der Waals surface area contributed by atoms with Crippen molar-refractivity contribution in [2.45, 2.75) is 19.4 Å². The lowest BCUT2D eigenvalue weighted by atomic mass is 10.1. The Bertz CT molecular complexity index is 690. The predicted molar refractivity (Wildman–Crippen MR) is 82.1 cm³/mol. The van der Waals surface area contributed by atoms with Crippen LogP contribution in [0.15, 0.2) is 36.5 Å². The number of rotatable bonds is 3. The summed E-state index contributed by atoms with van der Waals surface area (Å²) >= 11 is 0. The Balaban J connectivity index is 1.65. The highest BCUT2D eigenvalue weighted by Gasteiger charge is 2.26. The first-order valence-corrected chi connectivity index (χ1v) is 7.55. The molecular weight excluding hydrogens is 297 g/mol. The number of amides is 1. The molecule has 2 aromatic rings. The quantitative estimate of drug-likeness (QED) is 0.870. The third-order valence-corrected chi connectivity index (χ3v) is 3.82. The second-order valence-corrected chi connectivity index (χ2v) is 5.53. The molecule has 1 saturated heterocycles. The van der Waals surface area contributed by atoms with E-state index in [-0.39, 0.29) is 24.2 Å². The minimum atomic E-state index is -0.299. The maximum atomic E-state index is 12.9. The smallest absolute Gasteiger partial charge is 0.227 e. The van der Waals surface area contributed by atoms with Gasteiger partial charge in [-0.05, 0) is 30.7 Å². The summed E-state index contributed by atoms with van der Waals surface area (Å²) in [5.41, 5.74) is 1.59. The van der Waals surface area contributed by atoms with Crippen LogP contribution in [0.3, 0.4) is 0 Å². The van der Waals surface area contributed by atoms with Crippen LogP contribution in [-0.4, -0.2) is 40.5 Å². The second-order valence-electron chi connectivity index (χ2n) is 5.53. The van der Waals surface area contributed by atoms with Crippen molar-refractivity contribution in [2.24, 2.45) is 0 Å². The van der Waals surface area contributed by atoms with E-state index in [0.29, 0.717) is 25.5 Å². The molecule has 1 aromatic carbocycles. The first-order valence-electron chi connectivity index (χ1n) is 7.55. The second kappa shape index (κ2) is 6.83. The van der Waals surface area contributed by atoms with E-state index >= 15 is 0 Å². The number of aromatic nitrogens is 2. The Kier molecular flexibility index (Phi) is 4.62. The monoisotopic (exact) mass is 315 g/mol. The number of benzene rings is 1. The van der Waals surface area contributed by atoms with Gasteiger partial charge >= 0.3 is 0 Å². The molecule has 0 N–H and O–H groups in total. The zero-order valence-electron chi connectivity index (χ0n) is 12.9. The van der Waals surface area contributed by atoms with Crippen molar-refractivity contribution in [3.63, 3.8) is 0 Å². The lowest BCUT2D eigenvalue weighted by Crippen LogP contribution is -2.43. The Hall–Kier alpha value is -2.34. The largest absolute Gasteiger partial charge is 0.368 e. The number of ether oxygens (including phenoxy) is 1. The minimum Gasteiger partial charge on any atom is -0.368 e. The van der Waals surface area contributed by atoms with Crippen molar-refractivity contribution in [2.75, 3.05) is 19.7 Å². The van der Waals surface area contributed by atoms with E-state index in [1.54, 1.807) is 23.2 Å². The number of carbonyl (C=O) groups is 1. The van der Waals surface area contributed by atoms with Crippen LogP contribution in [0.25, 0.3) is 0 Å². The first-order chi connectivity index (χ1) is 11.1. The van der Waals surface area contributed by atoms with Crippen LogP contribution < -0.4 is 0 Å². The fourth-order valence-electron chi connectivity index (χ4n) is 2.60. The molecule has 1 fully saturated rings. The van der Waals surface area contributed by atoms with Crippen LogP contribution in [0.5, 0.6) is 0 Å². The molecule has 6 heteroatoms. The Morgan fingerprint density at radius 2 is 2.13 bits per heavy atom. The van der Waals surface area contributed by atoms with Gasteiger partial charge in [-0.15, -0.1) is 0 Å². The first kappa shape index (κ1) is 15.6. The van der Waals surface area contributed by atoms with Gasteiger partial charge in [-0.2, -0.15) is 0 Å². The van der Waals surface area contributed by atoms with Crippen LogP contribution in [0.2, 0.25) is 0 Å². The molecule has 1 amide bonds. The van der Waals surface area contributed by atoms with Gasteiger partial charge in [0.15, 0.2) is 0 Å². The van der Waals surface area contributed by atoms with Crippen LogP contribution in [0.4, 0.5) is 4.39 Å². The number of morpholine rings is 1. The molecule has 0 radical (unpaired) electrons. The Labute approximate surface area is 134 Å². The summed E-state index contributed by atoms with van der Waals surface area (Å²) in [5.74, 6) is 0.392. The van der Waals surface area contributed by atoms with Crippen LogP contribution in [-0.2, 0) is 16.0 Å². The standard InChI is InChI=1S/C17H18FN3O2/c1-12-19-7-6-15(20-12)16-11-21(8-9-23-16)17(22)10-13-2-4-14(18)5-3-13/h2-7,16H,8-11H2,1H3. The molecule has 1 aliphatic rings. The van der Waals surface area contributed by atoms with E-state index in [4.69, 9.17) is 4.74 Å². The molecule has 1 aliphatic heterocycles. The summed E-state index contributed by atoms with van der Waals surface area (Å²) in [7, 11) is 0. The normalized spacial score (nSPS) is 18.0. The molecule has 1 atom stereocenters. The highest BCUT2D eigenvalue weighted by molar-refractivity contribution is 5.78. The van der Waals surface area contributed by atoms with Crippen molar-refractivity contribution in [1.29, 1.82) is 0 Å². The lowest BCUT2D eigenvalue weighted by molar-refractivity contribution is -0.138. The summed E-state index contributed by atoms with van der Waals surface area (Å²) < 4.78 is 18.7. The molecular formula is C17H18FN3O2. The molecule has 3 rings (SSSR count). The van der Waals surface area contributed by atoms with Crippen molar-refractivity contribution in [1.82, 2.24) is 14.9 Å². The number of hydrogen-bond donors (Lipinski definition) is 0. The van der Waals surface area contributed by atoms with Gasteiger partial charge in [-0.1, -0.05) is 12.1 Å². The van der Waals surface area contributed by atoms with Gasteiger partial charge < -0.3 is 9.64 Å². The third-order valence-electron chi connectivity index (χ3n) is 3.82. The molecule has 0 bridgehead atoms. The van der Waals surface area contributed by atoms with Gasteiger partial charge in [0.2, 0.25) is 5.91 Å². The maximum Gasteiger partial charge on any atom is 0.227 e. The summed E-state index contributed by atoms with van der Waals surface area (Å²) in [4.78, 5) is 22.7. The number of aryl methyl sites for hydroxylation is 1. The van der Waals surface area contributed by atoms with E-state index in [1.807, 2.05) is 13.0 Å². The van der Waals surface area contributed by atoms with Crippen molar-refractivity contribution in [3.05, 3.63) is 59.4 Å². The van der Waals surface area contributed by atoms with Crippen molar-refractivity contribution < 1.29 is 13.9 Å². The molecule has 2 heterocycles. The van der Waals surface area contributed by atoms with Crippen LogP contribution >= 0.6 is 0 Å². The van der Waals surface area contributed by atoms with Gasteiger partial charge in [0.1, 0.15) is 17.7 Å². The summed E-state index contributed by atoms with van der Waals surface area (Å²) in [6, 6.07) is 7.83. The fourth-order valence-corrected chi connectivity index (χ4v) is 2.60. The highest BCUT2D eigenvalue weighted by Crippen LogP contribution is 2.21. The Morgan fingerprint density at radius 3 is 2.87 bits per heavy atom. The summed E-state index contributed by atoms with van der Waals surface area (Å²) in [6.07, 6.45) is 1.72. The molecule has 1 aromatic heterocycles. The minimum absolute atomic E-state index is 0.00989. The van der Waals surface area contributed by atoms with E-state index in [2.05, 4.69) is 9.97 Å². The summed E-state index contributed by atoms with van der Waals surface area (Å²) in [5, 5.41) is 0. The SMILES string of the molecule is Cc1nccc(C2CN(C(=O)Cc3ccc(F)cc3)CCO2)n1. The van der Waals surface area contributed by atoms with E-state index in [1.165, 1.54) is 12.1 Å². The molecule has 0 spiro atoms. The van der Waals surface area contributed by atoms with E-state index in [0.717, 1.165) is 11.3 Å². The molecule has 0 aliphatic carbocycles. The Morgan fingerprint density at radius 1 is 1.35 bits per heavy atom. The zero-order chi connectivity index (χ0) is 16.2. The number of nitrogens with zero attached hydrogens (tertiary/aromatic N) is 3. The van der Waals surface area contributed by atoms with Gasteiger partial charge in [-0.3, -0.25) is 4.79 Å². The topological polar surface area (TPSA) is 55.3 Å². The van der Waals surface area contributed by atoms with Crippen molar-refractivity contribution >= 4 is 5.91 Å². The number of halogens is 1. The number of hydrogen-bond acceptors (Lipinski definition) is 4. The molecule has 5 nitrogen and oxygen atoms in total. The van der Waals surface area contributed by atoms with E-state index in [9.17, 15) is 9.18 Å². The average molecular weight is 315 g/mol. The number of carbonyl (C=O) groups excluding carboxylic acids is 1. The molecule has 1 unspecified atom stereocenters. The summed E-state index contributed by atoms with van der Waals surface area (Å²) in [6.45, 7) is 3.32. The zero-order valence-corrected chi connectivity index (χ0v) is 12.9.